The summed E-state index contributed by atoms with van der Waals surface area (Å²) in [6.07, 6.45) is 3.77. The molecule has 1 N–H and O–H groups in total. The quantitative estimate of drug-likeness (QED) is 0.911. The maximum Gasteiger partial charge on any atom is 0.270 e. The Balaban J connectivity index is 2.26. The molecule has 4 heteroatoms. The summed E-state index contributed by atoms with van der Waals surface area (Å²) in [7, 11) is 0. The van der Waals surface area contributed by atoms with Crippen LogP contribution in [0.3, 0.4) is 0 Å². The second-order valence-corrected chi connectivity index (χ2v) is 6.20. The van der Waals surface area contributed by atoms with E-state index in [-0.39, 0.29) is 18.0 Å². The summed E-state index contributed by atoms with van der Waals surface area (Å²) >= 11 is 0. The van der Waals surface area contributed by atoms with Gasteiger partial charge in [0.05, 0.1) is 11.6 Å². The molecule has 0 radical (unpaired) electrons. The molecule has 1 saturated heterocycles. The van der Waals surface area contributed by atoms with Gasteiger partial charge in [-0.3, -0.25) is 4.79 Å². The first-order valence-corrected chi connectivity index (χ1v) is 7.02. The molecule has 2 heterocycles. The highest BCUT2D eigenvalue weighted by Crippen LogP contribution is 2.28. The highest BCUT2D eigenvalue weighted by Gasteiger charge is 2.39. The number of amides is 1. The number of aliphatic hydroxyl groups is 1. The van der Waals surface area contributed by atoms with Crippen molar-refractivity contribution in [2.45, 2.75) is 58.2 Å². The third-order valence-electron chi connectivity index (χ3n) is 3.88. The maximum atomic E-state index is 12.7. The Labute approximate surface area is 115 Å². The molecule has 1 aromatic heterocycles. The van der Waals surface area contributed by atoms with Crippen LogP contribution >= 0.6 is 0 Å². The summed E-state index contributed by atoms with van der Waals surface area (Å²) in [6.45, 7) is 8.43. The van der Waals surface area contributed by atoms with Gasteiger partial charge in [0.25, 0.3) is 5.91 Å². The molecule has 1 aliphatic rings. The van der Waals surface area contributed by atoms with Gasteiger partial charge in [0.15, 0.2) is 0 Å². The average molecular weight is 264 g/mol. The minimum atomic E-state index is -0.846. The molecule has 0 aliphatic carbocycles. The Hall–Kier alpha value is -1.29. The lowest BCUT2D eigenvalue weighted by Gasteiger charge is -2.34. The second-order valence-electron chi connectivity index (χ2n) is 6.20. The fourth-order valence-corrected chi connectivity index (χ4v) is 2.92. The van der Waals surface area contributed by atoms with Crippen LogP contribution in [0.25, 0.3) is 0 Å². The average Bonchev–Trinajstić information content (AvgIpc) is 2.96. The fourth-order valence-electron chi connectivity index (χ4n) is 2.92. The van der Waals surface area contributed by atoms with Crippen LogP contribution in [-0.4, -0.2) is 38.7 Å². The van der Waals surface area contributed by atoms with E-state index in [1.165, 1.54) is 0 Å². The minimum Gasteiger partial charge on any atom is -0.388 e. The summed E-state index contributed by atoms with van der Waals surface area (Å²) in [5, 5.41) is 10.2. The zero-order valence-corrected chi connectivity index (χ0v) is 12.3. The normalized spacial score (nSPS) is 20.3. The number of nitrogens with zero attached hydrogens (tertiary/aromatic N) is 2. The van der Waals surface area contributed by atoms with Gasteiger partial charge in [0.1, 0.15) is 5.69 Å². The standard InChI is InChI=1S/C15H24N2O2/c1-11(2)16-9-5-7-12(16)14(18)17-10-6-8-13(17)15(3,4)19/h5,7,9,11,13,19H,6,8,10H2,1-4H3. The molecule has 1 atom stereocenters. The number of carbonyl (C=O) groups is 1. The Morgan fingerprint density at radius 2 is 2.16 bits per heavy atom. The number of aromatic nitrogens is 1. The van der Waals surface area contributed by atoms with Crippen LogP contribution in [0.15, 0.2) is 18.3 Å². The highest BCUT2D eigenvalue weighted by atomic mass is 16.3. The molecule has 1 aromatic rings. The lowest BCUT2D eigenvalue weighted by atomic mass is 9.96. The molecule has 1 amide bonds. The molecule has 1 unspecified atom stereocenters. The predicted octanol–water partition coefficient (Wildman–Crippen LogP) is 2.44. The molecule has 4 nitrogen and oxygen atoms in total. The van der Waals surface area contributed by atoms with Gasteiger partial charge >= 0.3 is 0 Å². The van der Waals surface area contributed by atoms with E-state index < -0.39 is 5.60 Å². The SMILES string of the molecule is CC(C)n1cccc1C(=O)N1CCCC1C(C)(C)O. The lowest BCUT2D eigenvalue weighted by molar-refractivity contribution is -0.0000972. The van der Waals surface area contributed by atoms with Gasteiger partial charge < -0.3 is 14.6 Å². The topological polar surface area (TPSA) is 45.5 Å². The number of carbonyl (C=O) groups excluding carboxylic acids is 1. The van der Waals surface area contributed by atoms with Crippen LogP contribution in [0.5, 0.6) is 0 Å². The molecule has 0 aromatic carbocycles. The Morgan fingerprint density at radius 1 is 1.47 bits per heavy atom. The van der Waals surface area contributed by atoms with E-state index >= 15 is 0 Å². The molecule has 1 fully saturated rings. The van der Waals surface area contributed by atoms with E-state index in [1.54, 1.807) is 13.8 Å². The molecule has 0 saturated carbocycles. The number of hydrogen-bond acceptors (Lipinski definition) is 2. The largest absolute Gasteiger partial charge is 0.388 e. The summed E-state index contributed by atoms with van der Waals surface area (Å²) in [5.41, 5.74) is -0.132. The van der Waals surface area contributed by atoms with Gasteiger partial charge in [-0.25, -0.2) is 0 Å². The second kappa shape index (κ2) is 5.00. The summed E-state index contributed by atoms with van der Waals surface area (Å²) in [6, 6.07) is 3.94. The van der Waals surface area contributed by atoms with Crippen LogP contribution in [0, 0.1) is 0 Å². The van der Waals surface area contributed by atoms with Gasteiger partial charge in [0.2, 0.25) is 0 Å². The van der Waals surface area contributed by atoms with Crippen molar-refractivity contribution < 1.29 is 9.90 Å². The van der Waals surface area contributed by atoms with E-state index in [4.69, 9.17) is 0 Å². The van der Waals surface area contributed by atoms with Crippen LogP contribution in [0.1, 0.15) is 57.1 Å². The van der Waals surface area contributed by atoms with Gasteiger partial charge in [-0.15, -0.1) is 0 Å². The van der Waals surface area contributed by atoms with Crippen LogP contribution in [0.2, 0.25) is 0 Å². The monoisotopic (exact) mass is 264 g/mol. The first-order valence-electron chi connectivity index (χ1n) is 7.02. The first kappa shape index (κ1) is 14.1. The van der Waals surface area contributed by atoms with Crippen LogP contribution in [0.4, 0.5) is 0 Å². The van der Waals surface area contributed by atoms with Gasteiger partial charge in [-0.2, -0.15) is 0 Å². The number of hydrogen-bond donors (Lipinski definition) is 1. The van der Waals surface area contributed by atoms with E-state index in [0.29, 0.717) is 5.69 Å². The number of likely N-dealkylation sites (tertiary alicyclic amines) is 1. The maximum absolute atomic E-state index is 12.7. The lowest BCUT2D eigenvalue weighted by Crippen LogP contribution is -2.48. The van der Waals surface area contributed by atoms with Gasteiger partial charge in [-0.05, 0) is 52.7 Å². The fraction of sp³-hybridized carbons (Fsp3) is 0.667. The Kier molecular flexibility index (Phi) is 3.72. The van der Waals surface area contributed by atoms with Crippen molar-refractivity contribution in [3.63, 3.8) is 0 Å². The van der Waals surface area contributed by atoms with Crippen molar-refractivity contribution in [2.24, 2.45) is 0 Å². The Bertz CT molecular complexity index is 457. The van der Waals surface area contributed by atoms with Crippen molar-refractivity contribution in [3.8, 4) is 0 Å². The summed E-state index contributed by atoms with van der Waals surface area (Å²) < 4.78 is 1.99. The van der Waals surface area contributed by atoms with Crippen molar-refractivity contribution in [2.75, 3.05) is 6.54 Å². The Morgan fingerprint density at radius 3 is 2.74 bits per heavy atom. The third kappa shape index (κ3) is 2.68. The van der Waals surface area contributed by atoms with Crippen molar-refractivity contribution >= 4 is 5.91 Å². The van der Waals surface area contributed by atoms with E-state index in [1.807, 2.05) is 27.8 Å². The molecule has 2 rings (SSSR count). The molecule has 0 spiro atoms. The molecule has 1 aliphatic heterocycles. The smallest absolute Gasteiger partial charge is 0.270 e. The van der Waals surface area contributed by atoms with Crippen molar-refractivity contribution in [1.29, 1.82) is 0 Å². The molecular formula is C15H24N2O2. The van der Waals surface area contributed by atoms with Crippen LogP contribution < -0.4 is 0 Å². The first-order chi connectivity index (χ1) is 8.82. The molecule has 19 heavy (non-hydrogen) atoms. The summed E-state index contributed by atoms with van der Waals surface area (Å²) in [5.74, 6) is 0.0309. The molecule has 0 bridgehead atoms. The zero-order chi connectivity index (χ0) is 14.2. The van der Waals surface area contributed by atoms with Gasteiger partial charge in [0, 0.05) is 18.8 Å². The van der Waals surface area contributed by atoms with E-state index in [2.05, 4.69) is 13.8 Å². The van der Waals surface area contributed by atoms with Gasteiger partial charge in [-0.1, -0.05) is 0 Å². The summed E-state index contributed by atoms with van der Waals surface area (Å²) in [4.78, 5) is 14.5. The van der Waals surface area contributed by atoms with Crippen molar-refractivity contribution in [3.05, 3.63) is 24.0 Å². The predicted molar refractivity (Wildman–Crippen MR) is 75.2 cm³/mol. The third-order valence-corrected chi connectivity index (χ3v) is 3.88. The van der Waals surface area contributed by atoms with E-state index in [9.17, 15) is 9.90 Å². The number of rotatable bonds is 3. The van der Waals surface area contributed by atoms with Crippen LogP contribution in [-0.2, 0) is 0 Å². The molecule has 106 valence electrons. The van der Waals surface area contributed by atoms with E-state index in [0.717, 1.165) is 19.4 Å². The molecular weight excluding hydrogens is 240 g/mol. The highest BCUT2D eigenvalue weighted by molar-refractivity contribution is 5.93. The minimum absolute atomic E-state index is 0.0309. The van der Waals surface area contributed by atoms with Crippen molar-refractivity contribution in [1.82, 2.24) is 9.47 Å². The zero-order valence-electron chi connectivity index (χ0n) is 12.3.